The van der Waals surface area contributed by atoms with E-state index in [-0.39, 0.29) is 23.2 Å². The Hall–Kier alpha value is -4.02. The SMILES string of the molecule is O=C(N[C@H](Cc1ncccn1)[C@H](O)CO)c1cccc(F)c1-c1cc(-c2ccc(F)cc2)n[nH]1. The molecular formula is C24H21F2N5O3. The van der Waals surface area contributed by atoms with Gasteiger partial charge in [-0.25, -0.2) is 18.7 Å². The highest BCUT2D eigenvalue weighted by Crippen LogP contribution is 2.29. The smallest absolute Gasteiger partial charge is 0.252 e. The van der Waals surface area contributed by atoms with E-state index in [1.165, 1.54) is 54.9 Å². The van der Waals surface area contributed by atoms with Crippen molar-refractivity contribution in [3.63, 3.8) is 0 Å². The Morgan fingerprint density at radius 3 is 2.50 bits per heavy atom. The molecule has 2 atom stereocenters. The third-order valence-corrected chi connectivity index (χ3v) is 5.24. The summed E-state index contributed by atoms with van der Waals surface area (Å²) in [5, 5.41) is 29.2. The van der Waals surface area contributed by atoms with E-state index in [1.807, 2.05) is 0 Å². The van der Waals surface area contributed by atoms with Gasteiger partial charge in [-0.05, 0) is 48.5 Å². The number of aromatic amines is 1. The first kappa shape index (κ1) is 23.1. The number of aromatic nitrogens is 4. The van der Waals surface area contributed by atoms with Gasteiger partial charge in [-0.2, -0.15) is 5.10 Å². The van der Waals surface area contributed by atoms with Crippen LogP contribution >= 0.6 is 0 Å². The number of nitrogens with one attached hydrogen (secondary N) is 2. The molecule has 4 aromatic rings. The number of aliphatic hydroxyl groups excluding tert-OH is 2. The molecule has 0 radical (unpaired) electrons. The van der Waals surface area contributed by atoms with Crippen molar-refractivity contribution in [2.45, 2.75) is 18.6 Å². The fraction of sp³-hybridized carbons (Fsp3) is 0.167. The topological polar surface area (TPSA) is 124 Å². The van der Waals surface area contributed by atoms with Gasteiger partial charge in [0, 0.05) is 29.9 Å². The molecule has 0 saturated carbocycles. The van der Waals surface area contributed by atoms with Crippen LogP contribution in [0.1, 0.15) is 16.2 Å². The van der Waals surface area contributed by atoms with Crippen molar-refractivity contribution in [3.05, 3.63) is 90.0 Å². The van der Waals surface area contributed by atoms with E-state index in [1.54, 1.807) is 12.1 Å². The molecule has 10 heteroatoms. The van der Waals surface area contributed by atoms with Gasteiger partial charge in [0.2, 0.25) is 0 Å². The second-order valence-corrected chi connectivity index (χ2v) is 7.54. The molecule has 0 aliphatic rings. The summed E-state index contributed by atoms with van der Waals surface area (Å²) in [6.45, 7) is -0.602. The molecular weight excluding hydrogens is 444 g/mol. The maximum atomic E-state index is 14.9. The lowest BCUT2D eigenvalue weighted by Crippen LogP contribution is -2.46. The number of amides is 1. The zero-order valence-corrected chi connectivity index (χ0v) is 17.8. The van der Waals surface area contributed by atoms with Crippen LogP contribution in [-0.4, -0.2) is 55.0 Å². The number of H-pyrrole nitrogens is 1. The summed E-state index contributed by atoms with van der Waals surface area (Å²) in [6, 6.07) is 12.0. The average Bonchev–Trinajstić information content (AvgIpc) is 3.33. The molecule has 4 rings (SSSR count). The van der Waals surface area contributed by atoms with Crippen LogP contribution in [0, 0.1) is 11.6 Å². The van der Waals surface area contributed by atoms with Crippen molar-refractivity contribution < 1.29 is 23.8 Å². The van der Waals surface area contributed by atoms with Gasteiger partial charge >= 0.3 is 0 Å². The predicted molar refractivity (Wildman–Crippen MR) is 119 cm³/mol. The third kappa shape index (κ3) is 5.13. The summed E-state index contributed by atoms with van der Waals surface area (Å²) in [5.74, 6) is -1.36. The summed E-state index contributed by atoms with van der Waals surface area (Å²) in [7, 11) is 0. The third-order valence-electron chi connectivity index (χ3n) is 5.24. The second kappa shape index (κ2) is 10.3. The lowest BCUT2D eigenvalue weighted by Gasteiger charge is -2.23. The molecule has 0 spiro atoms. The molecule has 0 aliphatic heterocycles. The highest BCUT2D eigenvalue weighted by molar-refractivity contribution is 6.01. The maximum absolute atomic E-state index is 14.9. The summed E-state index contributed by atoms with van der Waals surface area (Å²) < 4.78 is 28.1. The van der Waals surface area contributed by atoms with E-state index in [4.69, 9.17) is 0 Å². The summed E-state index contributed by atoms with van der Waals surface area (Å²) in [5.41, 5.74) is 1.28. The van der Waals surface area contributed by atoms with Gasteiger partial charge in [-0.1, -0.05) is 6.07 Å². The average molecular weight is 465 g/mol. The Balaban J connectivity index is 1.63. The van der Waals surface area contributed by atoms with Crippen LogP contribution in [0.15, 0.2) is 67.0 Å². The maximum Gasteiger partial charge on any atom is 0.252 e. The molecule has 4 N–H and O–H groups in total. The number of halogens is 2. The fourth-order valence-corrected chi connectivity index (χ4v) is 3.49. The monoisotopic (exact) mass is 465 g/mol. The number of aliphatic hydroxyl groups is 2. The molecule has 0 saturated heterocycles. The van der Waals surface area contributed by atoms with E-state index in [0.29, 0.717) is 17.1 Å². The molecule has 34 heavy (non-hydrogen) atoms. The number of carbonyl (C=O) groups excluding carboxylic acids is 1. The number of carbonyl (C=O) groups is 1. The minimum atomic E-state index is -1.29. The van der Waals surface area contributed by atoms with Gasteiger partial charge in [0.1, 0.15) is 17.5 Å². The first-order valence-corrected chi connectivity index (χ1v) is 10.4. The summed E-state index contributed by atoms with van der Waals surface area (Å²) in [4.78, 5) is 21.3. The van der Waals surface area contributed by atoms with E-state index >= 15 is 0 Å². The van der Waals surface area contributed by atoms with Crippen molar-refractivity contribution >= 4 is 5.91 Å². The predicted octanol–water partition coefficient (Wildman–Crippen LogP) is 2.51. The van der Waals surface area contributed by atoms with Crippen LogP contribution < -0.4 is 5.32 Å². The van der Waals surface area contributed by atoms with Crippen LogP contribution in [0.2, 0.25) is 0 Å². The molecule has 174 valence electrons. The molecule has 2 aromatic heterocycles. The van der Waals surface area contributed by atoms with Crippen LogP contribution in [0.25, 0.3) is 22.5 Å². The van der Waals surface area contributed by atoms with Gasteiger partial charge in [0.15, 0.2) is 0 Å². The lowest BCUT2D eigenvalue weighted by atomic mass is 10.0. The fourth-order valence-electron chi connectivity index (χ4n) is 3.49. The largest absolute Gasteiger partial charge is 0.394 e. The normalized spacial score (nSPS) is 12.8. The summed E-state index contributed by atoms with van der Waals surface area (Å²) in [6.07, 6.45) is 1.81. The van der Waals surface area contributed by atoms with E-state index in [9.17, 15) is 23.8 Å². The molecule has 2 aromatic carbocycles. The molecule has 0 unspecified atom stereocenters. The van der Waals surface area contributed by atoms with Gasteiger partial charge < -0.3 is 15.5 Å². The first-order valence-electron chi connectivity index (χ1n) is 10.4. The summed E-state index contributed by atoms with van der Waals surface area (Å²) >= 11 is 0. The molecule has 1 amide bonds. The molecule has 2 heterocycles. The van der Waals surface area contributed by atoms with Gasteiger partial charge in [-0.15, -0.1) is 0 Å². The van der Waals surface area contributed by atoms with E-state index in [2.05, 4.69) is 25.5 Å². The molecule has 8 nitrogen and oxygen atoms in total. The van der Waals surface area contributed by atoms with Gasteiger partial charge in [-0.3, -0.25) is 9.89 Å². The molecule has 0 fully saturated rings. The minimum absolute atomic E-state index is 0.00146. The molecule has 0 aliphatic carbocycles. The van der Waals surface area contributed by atoms with Gasteiger partial charge in [0.05, 0.1) is 35.7 Å². The molecule has 0 bridgehead atoms. The highest BCUT2D eigenvalue weighted by Gasteiger charge is 2.26. The van der Waals surface area contributed by atoms with Gasteiger partial charge in [0.25, 0.3) is 5.91 Å². The van der Waals surface area contributed by atoms with Crippen molar-refractivity contribution in [1.82, 2.24) is 25.5 Å². The highest BCUT2D eigenvalue weighted by atomic mass is 19.1. The Kier molecular flexibility index (Phi) is 7.00. The Morgan fingerprint density at radius 2 is 1.79 bits per heavy atom. The zero-order chi connectivity index (χ0) is 24.1. The number of hydrogen-bond donors (Lipinski definition) is 4. The number of benzene rings is 2. The van der Waals surface area contributed by atoms with Crippen molar-refractivity contribution in [2.75, 3.05) is 6.61 Å². The first-order chi connectivity index (χ1) is 16.5. The number of hydrogen-bond acceptors (Lipinski definition) is 6. The Bertz CT molecular complexity index is 1270. The minimum Gasteiger partial charge on any atom is -0.394 e. The van der Waals surface area contributed by atoms with E-state index < -0.39 is 36.3 Å². The van der Waals surface area contributed by atoms with E-state index in [0.717, 1.165) is 0 Å². The Morgan fingerprint density at radius 1 is 1.06 bits per heavy atom. The van der Waals surface area contributed by atoms with Crippen molar-refractivity contribution in [3.8, 4) is 22.5 Å². The van der Waals surface area contributed by atoms with Crippen molar-refractivity contribution in [1.29, 1.82) is 0 Å². The zero-order valence-electron chi connectivity index (χ0n) is 17.8. The Labute approximate surface area is 193 Å². The number of nitrogens with zero attached hydrogens (tertiary/aromatic N) is 3. The second-order valence-electron chi connectivity index (χ2n) is 7.54. The standard InChI is InChI=1S/C24H21F2N5O3/c25-15-7-5-14(6-8-15)18-11-20(31-30-18)23-16(3-1-4-17(23)26)24(34)29-19(21(33)13-32)12-22-27-9-2-10-28-22/h1-11,19,21,32-33H,12-13H2,(H,29,34)(H,30,31)/t19-,21-/m1/s1. The van der Waals surface area contributed by atoms with Crippen LogP contribution in [0.4, 0.5) is 8.78 Å². The van der Waals surface area contributed by atoms with Crippen LogP contribution in [0.3, 0.4) is 0 Å². The quantitative estimate of drug-likeness (QED) is 0.317. The van der Waals surface area contributed by atoms with Crippen molar-refractivity contribution in [2.24, 2.45) is 0 Å². The van der Waals surface area contributed by atoms with Crippen LogP contribution in [0.5, 0.6) is 0 Å². The van der Waals surface area contributed by atoms with Crippen LogP contribution in [-0.2, 0) is 6.42 Å². The number of rotatable bonds is 8. The lowest BCUT2D eigenvalue weighted by molar-refractivity contribution is 0.0562.